The smallest absolute Gasteiger partial charge is 0.0711 e. The minimum Gasteiger partial charge on any atom is -0.252 e. The number of aromatic nitrogens is 1. The van der Waals surface area contributed by atoms with Crippen molar-refractivity contribution in [3.8, 4) is 22.4 Å². The Hall–Kier alpha value is -2.93. The average Bonchev–Trinajstić information content (AvgIpc) is 2.63. The molecule has 0 amide bonds. The molecule has 0 bridgehead atoms. The number of fused-ring (bicyclic) bond motifs is 1. The van der Waals surface area contributed by atoms with Gasteiger partial charge in [0.25, 0.3) is 0 Å². The zero-order valence-electron chi connectivity index (χ0n) is 13.0. The van der Waals surface area contributed by atoms with Crippen molar-refractivity contribution in [1.82, 2.24) is 4.98 Å². The molecular weight excluding hydrogens is 278 g/mol. The SMILES string of the molecule is Cc1nc(-c2ccccc2)cc2cc(-c3ccccc3)ccc12. The lowest BCUT2D eigenvalue weighted by atomic mass is 9.99. The van der Waals surface area contributed by atoms with Crippen molar-refractivity contribution in [3.05, 3.63) is 90.6 Å². The number of benzene rings is 3. The van der Waals surface area contributed by atoms with Gasteiger partial charge in [0.15, 0.2) is 0 Å². The van der Waals surface area contributed by atoms with Crippen LogP contribution in [0, 0.1) is 6.92 Å². The molecule has 0 spiro atoms. The van der Waals surface area contributed by atoms with Crippen molar-refractivity contribution in [2.75, 3.05) is 0 Å². The average molecular weight is 295 g/mol. The van der Waals surface area contributed by atoms with E-state index >= 15 is 0 Å². The predicted molar refractivity (Wildman–Crippen MR) is 97.4 cm³/mol. The third kappa shape index (κ3) is 2.62. The Morgan fingerprint density at radius 3 is 1.96 bits per heavy atom. The van der Waals surface area contributed by atoms with Crippen LogP contribution in [0.2, 0.25) is 0 Å². The Morgan fingerprint density at radius 2 is 1.26 bits per heavy atom. The molecule has 0 aliphatic carbocycles. The van der Waals surface area contributed by atoms with Gasteiger partial charge in [-0.15, -0.1) is 0 Å². The minimum atomic E-state index is 1.03. The zero-order chi connectivity index (χ0) is 15.6. The number of rotatable bonds is 2. The first kappa shape index (κ1) is 13.7. The highest BCUT2D eigenvalue weighted by molar-refractivity contribution is 5.91. The number of aryl methyl sites for hydroxylation is 1. The van der Waals surface area contributed by atoms with Crippen molar-refractivity contribution in [2.45, 2.75) is 6.92 Å². The zero-order valence-corrected chi connectivity index (χ0v) is 13.0. The molecule has 0 aliphatic heterocycles. The van der Waals surface area contributed by atoms with Gasteiger partial charge in [-0.05, 0) is 35.6 Å². The monoisotopic (exact) mass is 295 g/mol. The summed E-state index contributed by atoms with van der Waals surface area (Å²) < 4.78 is 0. The van der Waals surface area contributed by atoms with E-state index < -0.39 is 0 Å². The van der Waals surface area contributed by atoms with Crippen molar-refractivity contribution in [2.24, 2.45) is 0 Å². The molecule has 110 valence electrons. The maximum atomic E-state index is 4.77. The van der Waals surface area contributed by atoms with Gasteiger partial charge >= 0.3 is 0 Å². The standard InChI is InChI=1S/C22H17N/c1-16-21-13-12-19(17-8-4-2-5-9-17)14-20(21)15-22(23-16)18-10-6-3-7-11-18/h2-15H,1H3. The molecule has 1 aromatic heterocycles. The summed E-state index contributed by atoms with van der Waals surface area (Å²) in [4.78, 5) is 4.77. The van der Waals surface area contributed by atoms with Crippen molar-refractivity contribution < 1.29 is 0 Å². The normalized spacial score (nSPS) is 10.8. The van der Waals surface area contributed by atoms with E-state index in [1.54, 1.807) is 0 Å². The first-order valence-corrected chi connectivity index (χ1v) is 7.83. The fourth-order valence-corrected chi connectivity index (χ4v) is 3.00. The highest BCUT2D eigenvalue weighted by Crippen LogP contribution is 2.28. The second-order valence-electron chi connectivity index (χ2n) is 5.76. The summed E-state index contributed by atoms with van der Waals surface area (Å²) in [5.74, 6) is 0. The van der Waals surface area contributed by atoms with Crippen LogP contribution in [0.4, 0.5) is 0 Å². The molecule has 1 heteroatoms. The Labute approximate surface area is 136 Å². The molecule has 23 heavy (non-hydrogen) atoms. The van der Waals surface area contributed by atoms with E-state index in [0.717, 1.165) is 17.0 Å². The van der Waals surface area contributed by atoms with Crippen LogP contribution in [0.5, 0.6) is 0 Å². The summed E-state index contributed by atoms with van der Waals surface area (Å²) in [6, 6.07) is 29.6. The van der Waals surface area contributed by atoms with E-state index in [4.69, 9.17) is 4.98 Å². The van der Waals surface area contributed by atoms with E-state index in [0.29, 0.717) is 0 Å². The Bertz CT molecular complexity index is 952. The molecule has 4 rings (SSSR count). The Kier molecular flexibility index (Phi) is 3.39. The van der Waals surface area contributed by atoms with Gasteiger partial charge in [-0.2, -0.15) is 0 Å². The minimum absolute atomic E-state index is 1.03. The third-order valence-corrected chi connectivity index (χ3v) is 4.20. The topological polar surface area (TPSA) is 12.9 Å². The molecule has 1 heterocycles. The summed E-state index contributed by atoms with van der Waals surface area (Å²) in [5.41, 5.74) is 5.73. The number of pyridine rings is 1. The molecule has 0 aliphatic rings. The van der Waals surface area contributed by atoms with E-state index in [2.05, 4.69) is 79.7 Å². The van der Waals surface area contributed by atoms with Crippen molar-refractivity contribution in [1.29, 1.82) is 0 Å². The summed E-state index contributed by atoms with van der Waals surface area (Å²) in [7, 11) is 0. The fourth-order valence-electron chi connectivity index (χ4n) is 3.00. The lowest BCUT2D eigenvalue weighted by Crippen LogP contribution is -1.90. The molecule has 0 radical (unpaired) electrons. The predicted octanol–water partition coefficient (Wildman–Crippen LogP) is 5.88. The molecular formula is C22H17N. The maximum Gasteiger partial charge on any atom is 0.0711 e. The van der Waals surface area contributed by atoms with Crippen LogP contribution in [0.25, 0.3) is 33.2 Å². The molecule has 0 saturated carbocycles. The molecule has 0 N–H and O–H groups in total. The van der Waals surface area contributed by atoms with Gasteiger partial charge in [0.1, 0.15) is 0 Å². The molecule has 0 saturated heterocycles. The van der Waals surface area contributed by atoms with Gasteiger partial charge in [-0.3, -0.25) is 4.98 Å². The number of nitrogens with zero attached hydrogens (tertiary/aromatic N) is 1. The molecule has 3 aromatic carbocycles. The van der Waals surface area contributed by atoms with Crippen LogP contribution >= 0.6 is 0 Å². The first-order valence-electron chi connectivity index (χ1n) is 7.83. The molecule has 0 unspecified atom stereocenters. The fraction of sp³-hybridized carbons (Fsp3) is 0.0455. The summed E-state index contributed by atoms with van der Waals surface area (Å²) in [5, 5.41) is 2.45. The van der Waals surface area contributed by atoms with E-state index in [-0.39, 0.29) is 0 Å². The lowest BCUT2D eigenvalue weighted by Gasteiger charge is -2.09. The Morgan fingerprint density at radius 1 is 0.609 bits per heavy atom. The van der Waals surface area contributed by atoms with Crippen LogP contribution in [0.1, 0.15) is 5.69 Å². The second kappa shape index (κ2) is 5.69. The van der Waals surface area contributed by atoms with E-state index in [1.165, 1.54) is 21.9 Å². The summed E-state index contributed by atoms with van der Waals surface area (Å²) in [6.45, 7) is 2.08. The van der Waals surface area contributed by atoms with E-state index in [1.807, 2.05) is 12.1 Å². The molecule has 0 fully saturated rings. The highest BCUT2D eigenvalue weighted by atomic mass is 14.7. The molecule has 1 nitrogen and oxygen atoms in total. The maximum absolute atomic E-state index is 4.77. The van der Waals surface area contributed by atoms with Crippen LogP contribution in [-0.2, 0) is 0 Å². The van der Waals surface area contributed by atoms with Gasteiger partial charge in [0.2, 0.25) is 0 Å². The van der Waals surface area contributed by atoms with Crippen LogP contribution in [-0.4, -0.2) is 4.98 Å². The number of hydrogen-bond acceptors (Lipinski definition) is 1. The Balaban J connectivity index is 1.90. The lowest BCUT2D eigenvalue weighted by molar-refractivity contribution is 1.24. The van der Waals surface area contributed by atoms with E-state index in [9.17, 15) is 0 Å². The van der Waals surface area contributed by atoms with Crippen molar-refractivity contribution in [3.63, 3.8) is 0 Å². The van der Waals surface area contributed by atoms with Gasteiger partial charge in [-0.25, -0.2) is 0 Å². The molecule has 4 aromatic rings. The van der Waals surface area contributed by atoms with Gasteiger partial charge in [-0.1, -0.05) is 72.8 Å². The summed E-state index contributed by atoms with van der Waals surface area (Å²) in [6.07, 6.45) is 0. The van der Waals surface area contributed by atoms with Crippen LogP contribution in [0.3, 0.4) is 0 Å². The van der Waals surface area contributed by atoms with Crippen LogP contribution in [0.15, 0.2) is 84.9 Å². The largest absolute Gasteiger partial charge is 0.252 e. The van der Waals surface area contributed by atoms with Crippen molar-refractivity contribution >= 4 is 10.8 Å². The number of hydrogen-bond donors (Lipinski definition) is 0. The highest BCUT2D eigenvalue weighted by Gasteiger charge is 2.06. The quantitative estimate of drug-likeness (QED) is 0.450. The second-order valence-corrected chi connectivity index (χ2v) is 5.76. The van der Waals surface area contributed by atoms with Gasteiger partial charge in [0.05, 0.1) is 5.69 Å². The van der Waals surface area contributed by atoms with Gasteiger partial charge in [0, 0.05) is 16.6 Å². The first-order chi connectivity index (χ1) is 11.3. The molecule has 0 atom stereocenters. The third-order valence-electron chi connectivity index (χ3n) is 4.20. The van der Waals surface area contributed by atoms with Crippen LogP contribution < -0.4 is 0 Å². The van der Waals surface area contributed by atoms with Gasteiger partial charge < -0.3 is 0 Å². The summed E-state index contributed by atoms with van der Waals surface area (Å²) >= 11 is 0.